The largest absolute Gasteiger partial charge is 0.353 e. The molecule has 0 saturated heterocycles. The summed E-state index contributed by atoms with van der Waals surface area (Å²) in [6, 6.07) is 10.8. The van der Waals surface area contributed by atoms with Gasteiger partial charge in [0.1, 0.15) is 5.01 Å². The van der Waals surface area contributed by atoms with Crippen molar-refractivity contribution in [3.05, 3.63) is 40.9 Å². The van der Waals surface area contributed by atoms with E-state index >= 15 is 0 Å². The maximum Gasteiger partial charge on any atom is 0.223 e. The number of fused-ring (bicyclic) bond motifs is 1. The van der Waals surface area contributed by atoms with Crippen LogP contribution < -0.4 is 5.32 Å². The fraction of sp³-hybridized carbons (Fsp3) is 0.500. The molecule has 24 heavy (non-hydrogen) atoms. The molecule has 2 aliphatic rings. The first-order valence-electron chi connectivity index (χ1n) is 9.14. The first-order valence-corrected chi connectivity index (χ1v) is 9.95. The number of nitrogens with zero attached hydrogens (tertiary/aromatic N) is 1. The molecule has 1 saturated carbocycles. The Labute approximate surface area is 147 Å². The van der Waals surface area contributed by atoms with Crippen molar-refractivity contribution in [2.24, 2.45) is 5.92 Å². The molecule has 1 atom stereocenters. The van der Waals surface area contributed by atoms with E-state index < -0.39 is 0 Å². The maximum atomic E-state index is 12.6. The van der Waals surface area contributed by atoms with Gasteiger partial charge in [0.15, 0.2) is 0 Å². The molecule has 2 aliphatic carbocycles. The monoisotopic (exact) mass is 340 g/mol. The second kappa shape index (κ2) is 7.06. The minimum absolute atomic E-state index is 0.128. The second-order valence-corrected chi connectivity index (χ2v) is 8.12. The molecule has 0 aliphatic heterocycles. The molecule has 2 aromatic rings. The summed E-state index contributed by atoms with van der Waals surface area (Å²) in [5.74, 6) is 0.394. The summed E-state index contributed by atoms with van der Waals surface area (Å²) < 4.78 is 0. The number of aryl methyl sites for hydroxylation is 1. The van der Waals surface area contributed by atoms with Crippen molar-refractivity contribution in [2.75, 3.05) is 0 Å². The van der Waals surface area contributed by atoms with Crippen LogP contribution in [0.25, 0.3) is 10.6 Å². The standard InChI is InChI=1S/C20H24N2OS/c23-19(21-16-9-5-2-6-10-16)15-11-12-17-18(13-15)24-20(22-17)14-7-3-1-4-8-14/h1,3-4,7-8,15-16H,2,5-6,9-13H2,(H,21,23). The van der Waals surface area contributed by atoms with E-state index in [-0.39, 0.29) is 11.8 Å². The average molecular weight is 340 g/mol. The van der Waals surface area contributed by atoms with Gasteiger partial charge < -0.3 is 5.32 Å². The highest BCUT2D eigenvalue weighted by molar-refractivity contribution is 7.15. The van der Waals surface area contributed by atoms with E-state index in [4.69, 9.17) is 4.98 Å². The van der Waals surface area contributed by atoms with Crippen LogP contribution in [-0.2, 0) is 17.6 Å². The Hall–Kier alpha value is -1.68. The molecule has 1 N–H and O–H groups in total. The summed E-state index contributed by atoms with van der Waals surface area (Å²) in [5, 5.41) is 4.39. The Morgan fingerprint density at radius 2 is 1.88 bits per heavy atom. The van der Waals surface area contributed by atoms with Gasteiger partial charge in [0.05, 0.1) is 5.69 Å². The highest BCUT2D eigenvalue weighted by atomic mass is 32.1. The Morgan fingerprint density at radius 1 is 1.08 bits per heavy atom. The van der Waals surface area contributed by atoms with Crippen LogP contribution in [0.5, 0.6) is 0 Å². The molecule has 0 bridgehead atoms. The Balaban J connectivity index is 1.43. The van der Waals surface area contributed by atoms with Gasteiger partial charge in [-0.05, 0) is 32.1 Å². The van der Waals surface area contributed by atoms with Gasteiger partial charge in [-0.3, -0.25) is 4.79 Å². The molecule has 0 spiro atoms. The van der Waals surface area contributed by atoms with Gasteiger partial charge in [-0.1, -0.05) is 49.6 Å². The van der Waals surface area contributed by atoms with Gasteiger partial charge >= 0.3 is 0 Å². The van der Waals surface area contributed by atoms with Crippen molar-refractivity contribution >= 4 is 17.2 Å². The Kier molecular flexibility index (Phi) is 4.65. The SMILES string of the molecule is O=C(NC1CCCCC1)C1CCc2nc(-c3ccccc3)sc2C1. The van der Waals surface area contributed by atoms with E-state index in [2.05, 4.69) is 29.6 Å². The number of carbonyl (C=O) groups is 1. The fourth-order valence-electron chi connectivity index (χ4n) is 3.87. The number of aromatic nitrogens is 1. The summed E-state index contributed by atoms with van der Waals surface area (Å²) in [7, 11) is 0. The van der Waals surface area contributed by atoms with E-state index in [1.54, 1.807) is 11.3 Å². The summed E-state index contributed by atoms with van der Waals surface area (Å²) in [4.78, 5) is 18.8. The fourth-order valence-corrected chi connectivity index (χ4v) is 5.06. The number of nitrogens with one attached hydrogen (secondary N) is 1. The predicted molar refractivity (Wildman–Crippen MR) is 98.1 cm³/mol. The molecule has 126 valence electrons. The van der Waals surface area contributed by atoms with Gasteiger partial charge in [0.2, 0.25) is 5.91 Å². The van der Waals surface area contributed by atoms with Crippen molar-refractivity contribution in [1.82, 2.24) is 10.3 Å². The van der Waals surface area contributed by atoms with Crippen LogP contribution in [-0.4, -0.2) is 16.9 Å². The smallest absolute Gasteiger partial charge is 0.223 e. The summed E-state index contributed by atoms with van der Waals surface area (Å²) in [5.41, 5.74) is 2.39. The van der Waals surface area contributed by atoms with E-state index in [1.165, 1.54) is 35.4 Å². The minimum Gasteiger partial charge on any atom is -0.353 e. The lowest BCUT2D eigenvalue weighted by Crippen LogP contribution is -2.41. The Morgan fingerprint density at radius 3 is 2.67 bits per heavy atom. The van der Waals surface area contributed by atoms with Crippen LogP contribution in [0.4, 0.5) is 0 Å². The third kappa shape index (κ3) is 3.39. The summed E-state index contributed by atoms with van der Waals surface area (Å²) in [6.07, 6.45) is 8.88. The molecule has 1 heterocycles. The van der Waals surface area contributed by atoms with Crippen LogP contribution >= 0.6 is 11.3 Å². The number of rotatable bonds is 3. The lowest BCUT2D eigenvalue weighted by Gasteiger charge is -2.26. The third-order valence-electron chi connectivity index (χ3n) is 5.28. The number of benzene rings is 1. The topological polar surface area (TPSA) is 42.0 Å². The van der Waals surface area contributed by atoms with Crippen molar-refractivity contribution in [3.8, 4) is 10.6 Å². The van der Waals surface area contributed by atoms with Gasteiger partial charge in [0, 0.05) is 22.4 Å². The molecule has 1 aromatic heterocycles. The molecule has 0 radical (unpaired) electrons. The lowest BCUT2D eigenvalue weighted by atomic mass is 9.89. The zero-order chi connectivity index (χ0) is 16.4. The normalized spacial score (nSPS) is 21.2. The first kappa shape index (κ1) is 15.8. The van der Waals surface area contributed by atoms with E-state index in [9.17, 15) is 4.79 Å². The van der Waals surface area contributed by atoms with Crippen LogP contribution in [0, 0.1) is 5.92 Å². The number of thiazole rings is 1. The van der Waals surface area contributed by atoms with Gasteiger partial charge in [-0.25, -0.2) is 4.98 Å². The number of amides is 1. The van der Waals surface area contributed by atoms with Crippen LogP contribution in [0.2, 0.25) is 0 Å². The minimum atomic E-state index is 0.128. The quantitative estimate of drug-likeness (QED) is 0.902. The molecular weight excluding hydrogens is 316 g/mol. The first-order chi connectivity index (χ1) is 11.8. The van der Waals surface area contributed by atoms with Crippen LogP contribution in [0.3, 0.4) is 0 Å². The van der Waals surface area contributed by atoms with Crippen LogP contribution in [0.1, 0.15) is 49.1 Å². The second-order valence-electron chi connectivity index (χ2n) is 7.04. The van der Waals surface area contributed by atoms with E-state index in [0.717, 1.165) is 37.1 Å². The maximum absolute atomic E-state index is 12.6. The number of hydrogen-bond donors (Lipinski definition) is 1. The zero-order valence-corrected chi connectivity index (χ0v) is 14.8. The average Bonchev–Trinajstić information content (AvgIpc) is 3.06. The Bertz CT molecular complexity index is 704. The number of carbonyl (C=O) groups excluding carboxylic acids is 1. The van der Waals surface area contributed by atoms with Crippen molar-refractivity contribution in [2.45, 2.75) is 57.4 Å². The molecule has 4 rings (SSSR count). The summed E-state index contributed by atoms with van der Waals surface area (Å²) >= 11 is 1.76. The van der Waals surface area contributed by atoms with Crippen LogP contribution in [0.15, 0.2) is 30.3 Å². The zero-order valence-electron chi connectivity index (χ0n) is 14.0. The molecule has 1 unspecified atom stereocenters. The van der Waals surface area contributed by atoms with Crippen molar-refractivity contribution < 1.29 is 4.79 Å². The van der Waals surface area contributed by atoms with Gasteiger partial charge in [0.25, 0.3) is 0 Å². The lowest BCUT2D eigenvalue weighted by molar-refractivity contribution is -0.126. The van der Waals surface area contributed by atoms with Crippen molar-refractivity contribution in [1.29, 1.82) is 0 Å². The predicted octanol–water partition coefficient (Wildman–Crippen LogP) is 4.36. The highest BCUT2D eigenvalue weighted by Crippen LogP contribution is 2.34. The highest BCUT2D eigenvalue weighted by Gasteiger charge is 2.29. The van der Waals surface area contributed by atoms with Gasteiger partial charge in [-0.15, -0.1) is 11.3 Å². The molecule has 1 aromatic carbocycles. The van der Waals surface area contributed by atoms with Gasteiger partial charge in [-0.2, -0.15) is 0 Å². The molecule has 3 nitrogen and oxygen atoms in total. The summed E-state index contributed by atoms with van der Waals surface area (Å²) in [6.45, 7) is 0. The molecule has 4 heteroatoms. The van der Waals surface area contributed by atoms with Crippen molar-refractivity contribution in [3.63, 3.8) is 0 Å². The number of hydrogen-bond acceptors (Lipinski definition) is 3. The molecule has 1 fully saturated rings. The third-order valence-corrected chi connectivity index (χ3v) is 6.45. The van der Waals surface area contributed by atoms with E-state index in [0.29, 0.717) is 6.04 Å². The van der Waals surface area contributed by atoms with E-state index in [1.807, 2.05) is 6.07 Å². The molecular formula is C20H24N2OS. The molecule has 1 amide bonds.